The van der Waals surface area contributed by atoms with Crippen LogP contribution >= 0.6 is 11.3 Å². The molecule has 142 valence electrons. The first kappa shape index (κ1) is 18.0. The third-order valence-corrected chi connectivity index (χ3v) is 6.40. The number of fused-ring (bicyclic) bond motifs is 3. The molecule has 0 aliphatic heterocycles. The number of thiophene rings is 1. The molecule has 1 atom stereocenters. The van der Waals surface area contributed by atoms with Crippen LogP contribution in [0.5, 0.6) is 11.5 Å². The lowest BCUT2D eigenvalue weighted by Crippen LogP contribution is -2.27. The highest BCUT2D eigenvalue weighted by atomic mass is 32.1. The van der Waals surface area contributed by atoms with Crippen LogP contribution in [0.1, 0.15) is 29.6 Å². The maximum atomic E-state index is 13.1. The first-order valence-electron chi connectivity index (χ1n) is 9.35. The Balaban J connectivity index is 1.57. The van der Waals surface area contributed by atoms with E-state index in [0.29, 0.717) is 19.1 Å². The second-order valence-corrected chi connectivity index (χ2v) is 8.26. The third-order valence-electron chi connectivity index (χ3n) is 5.25. The van der Waals surface area contributed by atoms with Crippen molar-refractivity contribution in [1.29, 1.82) is 0 Å². The zero-order valence-electron chi connectivity index (χ0n) is 15.9. The number of hydrogen-bond donors (Lipinski definition) is 0. The minimum atomic E-state index is 0.0721. The number of benzene rings is 1. The van der Waals surface area contributed by atoms with E-state index >= 15 is 0 Å². The van der Waals surface area contributed by atoms with E-state index in [2.05, 4.69) is 6.92 Å². The van der Waals surface area contributed by atoms with Gasteiger partial charge in [0, 0.05) is 4.88 Å². The molecule has 0 N–H and O–H groups in total. The molecular formula is C21H24N2O3S. The Morgan fingerprint density at radius 2 is 2.00 bits per heavy atom. The van der Waals surface area contributed by atoms with E-state index in [0.717, 1.165) is 46.8 Å². The fourth-order valence-corrected chi connectivity index (χ4v) is 5.13. The van der Waals surface area contributed by atoms with Crippen LogP contribution in [0, 0.1) is 12.8 Å². The predicted molar refractivity (Wildman–Crippen MR) is 108 cm³/mol. The maximum Gasteiger partial charge on any atom is 0.262 e. The summed E-state index contributed by atoms with van der Waals surface area (Å²) in [5.41, 5.74) is 1.30. The Morgan fingerprint density at radius 1 is 1.26 bits per heavy atom. The van der Waals surface area contributed by atoms with Crippen molar-refractivity contribution in [2.24, 2.45) is 5.92 Å². The number of rotatable bonds is 5. The fraction of sp³-hybridized carbons (Fsp3) is 0.429. The molecule has 0 saturated heterocycles. The number of ether oxygens (including phenoxy) is 2. The van der Waals surface area contributed by atoms with E-state index in [9.17, 15) is 4.79 Å². The van der Waals surface area contributed by atoms with Gasteiger partial charge in [-0.25, -0.2) is 4.98 Å². The van der Waals surface area contributed by atoms with E-state index in [1.165, 1.54) is 10.4 Å². The van der Waals surface area contributed by atoms with Gasteiger partial charge in [-0.15, -0.1) is 11.3 Å². The van der Waals surface area contributed by atoms with Crippen molar-refractivity contribution in [3.05, 3.63) is 50.9 Å². The number of hydrogen-bond acceptors (Lipinski definition) is 5. The molecule has 1 unspecified atom stereocenters. The van der Waals surface area contributed by atoms with Gasteiger partial charge in [-0.3, -0.25) is 9.36 Å². The summed E-state index contributed by atoms with van der Waals surface area (Å²) in [6.07, 6.45) is 3.20. The smallest absolute Gasteiger partial charge is 0.262 e. The van der Waals surface area contributed by atoms with E-state index in [1.54, 1.807) is 23.0 Å². The van der Waals surface area contributed by atoms with Crippen LogP contribution in [0.15, 0.2) is 29.1 Å². The largest absolute Gasteiger partial charge is 0.497 e. The van der Waals surface area contributed by atoms with Crippen molar-refractivity contribution in [1.82, 2.24) is 9.55 Å². The van der Waals surface area contributed by atoms with Crippen molar-refractivity contribution >= 4 is 21.6 Å². The van der Waals surface area contributed by atoms with E-state index < -0.39 is 0 Å². The standard InChI is InChI=1S/C21H24N2O3S/c1-13-4-9-17-18(12-13)27-20-19(17)21(24)23(14(2)22-20)10-11-26-16-7-5-15(25-3)6-8-16/h5-8,13H,4,9-12H2,1-3H3. The van der Waals surface area contributed by atoms with Gasteiger partial charge >= 0.3 is 0 Å². The highest BCUT2D eigenvalue weighted by Crippen LogP contribution is 2.35. The van der Waals surface area contributed by atoms with Crippen LogP contribution in [-0.4, -0.2) is 23.3 Å². The minimum Gasteiger partial charge on any atom is -0.497 e. The molecule has 0 bridgehead atoms. The zero-order chi connectivity index (χ0) is 19.0. The molecular weight excluding hydrogens is 360 g/mol. The molecule has 1 aliphatic rings. The summed E-state index contributed by atoms with van der Waals surface area (Å²) < 4.78 is 12.7. The van der Waals surface area contributed by atoms with E-state index in [4.69, 9.17) is 14.5 Å². The lowest BCUT2D eigenvalue weighted by Gasteiger charge is -2.17. The van der Waals surface area contributed by atoms with Gasteiger partial charge in [0.25, 0.3) is 5.56 Å². The predicted octanol–water partition coefficient (Wildman–Crippen LogP) is 3.98. The van der Waals surface area contributed by atoms with Crippen LogP contribution in [0.25, 0.3) is 10.2 Å². The van der Waals surface area contributed by atoms with Gasteiger partial charge in [0.05, 0.1) is 19.0 Å². The van der Waals surface area contributed by atoms with Crippen LogP contribution < -0.4 is 15.0 Å². The van der Waals surface area contributed by atoms with Crippen LogP contribution in [0.4, 0.5) is 0 Å². The Labute approximate surface area is 162 Å². The summed E-state index contributed by atoms with van der Waals surface area (Å²) in [6.45, 7) is 5.08. The summed E-state index contributed by atoms with van der Waals surface area (Å²) in [5, 5.41) is 0.831. The van der Waals surface area contributed by atoms with Crippen molar-refractivity contribution in [3.63, 3.8) is 0 Å². The number of aryl methyl sites for hydroxylation is 2. The Kier molecular flexibility index (Phi) is 4.91. The average Bonchev–Trinajstić information content (AvgIpc) is 3.02. The van der Waals surface area contributed by atoms with E-state index in [1.807, 2.05) is 31.2 Å². The highest BCUT2D eigenvalue weighted by Gasteiger charge is 2.23. The lowest BCUT2D eigenvalue weighted by molar-refractivity contribution is 0.294. The molecule has 1 aromatic carbocycles. The van der Waals surface area contributed by atoms with Gasteiger partial charge in [0.15, 0.2) is 0 Å². The highest BCUT2D eigenvalue weighted by molar-refractivity contribution is 7.18. The van der Waals surface area contributed by atoms with Gasteiger partial charge in [0.2, 0.25) is 0 Å². The van der Waals surface area contributed by atoms with Crippen molar-refractivity contribution < 1.29 is 9.47 Å². The molecule has 0 fully saturated rings. The van der Waals surface area contributed by atoms with Gasteiger partial charge < -0.3 is 9.47 Å². The van der Waals surface area contributed by atoms with E-state index in [-0.39, 0.29) is 5.56 Å². The topological polar surface area (TPSA) is 53.4 Å². The molecule has 0 amide bonds. The molecule has 27 heavy (non-hydrogen) atoms. The summed E-state index contributed by atoms with van der Waals surface area (Å²) in [4.78, 5) is 20.1. The molecule has 0 spiro atoms. The summed E-state index contributed by atoms with van der Waals surface area (Å²) in [5.74, 6) is 2.99. The molecule has 1 aliphatic carbocycles. The average molecular weight is 385 g/mol. The summed E-state index contributed by atoms with van der Waals surface area (Å²) in [7, 11) is 1.64. The first-order chi connectivity index (χ1) is 13.1. The van der Waals surface area contributed by atoms with Crippen LogP contribution in [-0.2, 0) is 19.4 Å². The molecule has 0 radical (unpaired) electrons. The molecule has 2 aromatic heterocycles. The summed E-state index contributed by atoms with van der Waals surface area (Å²) >= 11 is 1.70. The Bertz CT molecular complexity index is 1020. The SMILES string of the molecule is COc1ccc(OCCn2c(C)nc3sc4c(c3c2=O)CCC(C)C4)cc1. The lowest BCUT2D eigenvalue weighted by atomic mass is 9.89. The molecule has 6 heteroatoms. The van der Waals surface area contributed by atoms with Crippen molar-refractivity contribution in [2.45, 2.75) is 39.7 Å². The third kappa shape index (κ3) is 3.46. The quantitative estimate of drug-likeness (QED) is 0.668. The van der Waals surface area contributed by atoms with Crippen molar-refractivity contribution in [3.8, 4) is 11.5 Å². The number of aromatic nitrogens is 2. The molecule has 5 nitrogen and oxygen atoms in total. The second-order valence-electron chi connectivity index (χ2n) is 7.17. The molecule has 0 saturated carbocycles. The van der Waals surface area contributed by atoms with Gasteiger partial charge in [-0.1, -0.05) is 6.92 Å². The fourth-order valence-electron chi connectivity index (χ4n) is 3.71. The van der Waals surface area contributed by atoms with Crippen molar-refractivity contribution in [2.75, 3.05) is 13.7 Å². The Morgan fingerprint density at radius 3 is 2.74 bits per heavy atom. The number of methoxy groups -OCH3 is 1. The summed E-state index contributed by atoms with van der Waals surface area (Å²) in [6, 6.07) is 7.46. The maximum absolute atomic E-state index is 13.1. The first-order valence-corrected chi connectivity index (χ1v) is 10.2. The van der Waals surface area contributed by atoms with Crippen LogP contribution in [0.3, 0.4) is 0 Å². The number of nitrogens with zero attached hydrogens (tertiary/aromatic N) is 2. The zero-order valence-corrected chi connectivity index (χ0v) is 16.8. The minimum absolute atomic E-state index is 0.0721. The van der Waals surface area contributed by atoms with Gasteiger partial charge in [-0.05, 0) is 61.9 Å². The molecule has 3 aromatic rings. The normalized spacial score (nSPS) is 16.3. The monoisotopic (exact) mass is 384 g/mol. The van der Waals surface area contributed by atoms with Crippen LogP contribution in [0.2, 0.25) is 0 Å². The Hall–Kier alpha value is -2.34. The second kappa shape index (κ2) is 7.35. The molecule has 4 rings (SSSR count). The molecule has 2 heterocycles. The van der Waals surface area contributed by atoms with Gasteiger partial charge in [0.1, 0.15) is 28.8 Å². The van der Waals surface area contributed by atoms with Gasteiger partial charge in [-0.2, -0.15) is 0 Å².